The van der Waals surface area contributed by atoms with Crippen LogP contribution in [0.1, 0.15) is 0 Å². The van der Waals surface area contributed by atoms with E-state index in [0.717, 1.165) is 8.16 Å². The van der Waals surface area contributed by atoms with Crippen LogP contribution in [0.25, 0.3) is 0 Å². The number of hydrogen-bond acceptors (Lipinski definition) is 4. The summed E-state index contributed by atoms with van der Waals surface area (Å²) in [5.41, 5.74) is -1.17. The molecule has 6 nitrogen and oxygen atoms in total. The van der Waals surface area contributed by atoms with Gasteiger partial charge in [-0.15, -0.1) is 0 Å². The highest BCUT2D eigenvalue weighted by Gasteiger charge is 2.08. The number of methoxy groups -OCH3 is 1. The van der Waals surface area contributed by atoms with Crippen molar-refractivity contribution in [2.45, 2.75) is 6.54 Å². The number of ether oxygens (including phenoxy) is 1. The molecule has 0 bridgehead atoms. The van der Waals surface area contributed by atoms with Crippen molar-refractivity contribution >= 4 is 22.1 Å². The minimum atomic E-state index is -0.650. The molecule has 0 aliphatic carbocycles. The lowest BCUT2D eigenvalue weighted by Gasteiger charge is -2.03. The smallest absolute Gasteiger partial charge is 0.341 e. The van der Waals surface area contributed by atoms with Crippen LogP contribution in [0, 0.1) is 0 Å². The Bertz CT molecular complexity index is 461. The SMILES string of the molecule is COC(=O)Cn1c(=O)ccn(Br)c1=O. The molecule has 0 amide bonds. The van der Waals surface area contributed by atoms with Crippen molar-refractivity contribution in [3.05, 3.63) is 33.1 Å². The third-order valence-corrected chi connectivity index (χ3v) is 2.08. The van der Waals surface area contributed by atoms with Crippen LogP contribution in [-0.4, -0.2) is 21.2 Å². The molecule has 0 radical (unpaired) electrons. The molecule has 14 heavy (non-hydrogen) atoms. The zero-order chi connectivity index (χ0) is 10.7. The molecule has 1 aromatic heterocycles. The lowest BCUT2D eigenvalue weighted by molar-refractivity contribution is -0.141. The topological polar surface area (TPSA) is 70.3 Å². The van der Waals surface area contributed by atoms with Gasteiger partial charge in [0.25, 0.3) is 5.56 Å². The number of carbonyl (C=O) groups excluding carboxylic acids is 1. The molecule has 0 spiro atoms. The molecule has 0 saturated heterocycles. The molecule has 7 heteroatoms. The van der Waals surface area contributed by atoms with Crippen molar-refractivity contribution in [2.75, 3.05) is 7.11 Å². The van der Waals surface area contributed by atoms with Crippen LogP contribution in [0.5, 0.6) is 0 Å². The van der Waals surface area contributed by atoms with Gasteiger partial charge in [0, 0.05) is 12.3 Å². The Hall–Kier alpha value is -1.37. The molecule has 1 rings (SSSR count). The molecule has 0 unspecified atom stereocenters. The monoisotopic (exact) mass is 262 g/mol. The van der Waals surface area contributed by atoms with Crippen LogP contribution in [-0.2, 0) is 16.1 Å². The van der Waals surface area contributed by atoms with Crippen molar-refractivity contribution < 1.29 is 9.53 Å². The molecular weight excluding hydrogens is 256 g/mol. The van der Waals surface area contributed by atoms with Gasteiger partial charge in [0.1, 0.15) is 6.54 Å². The Morgan fingerprint density at radius 1 is 1.57 bits per heavy atom. The van der Waals surface area contributed by atoms with Crippen LogP contribution in [0.3, 0.4) is 0 Å². The number of nitrogens with zero attached hydrogens (tertiary/aromatic N) is 2. The molecule has 0 atom stereocenters. The summed E-state index contributed by atoms with van der Waals surface area (Å²) in [5.74, 6) is -0.650. The maximum absolute atomic E-state index is 11.3. The minimum Gasteiger partial charge on any atom is -0.468 e. The second kappa shape index (κ2) is 4.23. The lowest BCUT2D eigenvalue weighted by atomic mass is 10.5. The summed E-state index contributed by atoms with van der Waals surface area (Å²) in [4.78, 5) is 33.3. The van der Waals surface area contributed by atoms with E-state index in [0.29, 0.717) is 0 Å². The van der Waals surface area contributed by atoms with Crippen molar-refractivity contribution in [1.82, 2.24) is 8.16 Å². The van der Waals surface area contributed by atoms with Gasteiger partial charge in [-0.25, -0.2) is 13.0 Å². The summed E-state index contributed by atoms with van der Waals surface area (Å²) in [5, 5.41) is 0. The van der Waals surface area contributed by atoms with Crippen LogP contribution in [0.2, 0.25) is 0 Å². The van der Waals surface area contributed by atoms with Gasteiger partial charge < -0.3 is 4.74 Å². The fraction of sp³-hybridized carbons (Fsp3) is 0.286. The Morgan fingerprint density at radius 3 is 2.79 bits per heavy atom. The van der Waals surface area contributed by atoms with Crippen LogP contribution >= 0.6 is 16.1 Å². The summed E-state index contributed by atoms with van der Waals surface area (Å²) < 4.78 is 6.13. The molecule has 0 aromatic carbocycles. The van der Waals surface area contributed by atoms with E-state index >= 15 is 0 Å². The highest BCUT2D eigenvalue weighted by molar-refractivity contribution is 9.08. The Balaban J connectivity index is 3.20. The van der Waals surface area contributed by atoms with Gasteiger partial charge >= 0.3 is 11.7 Å². The predicted octanol–water partition coefficient (Wildman–Crippen LogP) is -0.659. The van der Waals surface area contributed by atoms with Crippen molar-refractivity contribution in [1.29, 1.82) is 0 Å². The molecule has 0 aliphatic rings. The highest BCUT2D eigenvalue weighted by atomic mass is 79.9. The standard InChI is InChI=1S/C7H7BrN2O4/c1-14-6(12)4-9-5(11)2-3-10(8)7(9)13/h2-3H,4H2,1H3. The Kier molecular flexibility index (Phi) is 3.23. The average Bonchev–Trinajstić information content (AvgIpc) is 2.18. The second-order valence-corrected chi connectivity index (χ2v) is 3.17. The molecule has 0 saturated carbocycles. The number of hydrogen-bond donors (Lipinski definition) is 0. The summed E-state index contributed by atoms with van der Waals surface area (Å²) in [6.45, 7) is -0.388. The van der Waals surface area contributed by atoms with E-state index in [9.17, 15) is 14.4 Å². The number of halogens is 1. The normalized spacial score (nSPS) is 9.86. The molecule has 0 aliphatic heterocycles. The first-order valence-corrected chi connectivity index (χ1v) is 4.32. The number of esters is 1. The molecule has 1 aromatic rings. The van der Waals surface area contributed by atoms with Gasteiger partial charge in [0.2, 0.25) is 0 Å². The van der Waals surface area contributed by atoms with E-state index in [1.54, 1.807) is 0 Å². The molecular formula is C7H7BrN2O4. The number of aromatic nitrogens is 2. The summed E-state index contributed by atoms with van der Waals surface area (Å²) in [6.07, 6.45) is 1.26. The zero-order valence-corrected chi connectivity index (χ0v) is 8.85. The van der Waals surface area contributed by atoms with Gasteiger partial charge in [-0.3, -0.25) is 9.59 Å². The van der Waals surface area contributed by atoms with Gasteiger partial charge in [0.15, 0.2) is 0 Å². The van der Waals surface area contributed by atoms with Gasteiger partial charge in [-0.05, 0) is 0 Å². The first-order valence-electron chi connectivity index (χ1n) is 3.61. The third kappa shape index (κ3) is 2.11. The largest absolute Gasteiger partial charge is 0.468 e. The predicted molar refractivity (Wildman–Crippen MR) is 51.3 cm³/mol. The maximum atomic E-state index is 11.3. The number of rotatable bonds is 2. The van der Waals surface area contributed by atoms with Crippen molar-refractivity contribution in [3.8, 4) is 0 Å². The van der Waals surface area contributed by atoms with Crippen LogP contribution in [0.4, 0.5) is 0 Å². The summed E-state index contributed by atoms with van der Waals surface area (Å²) in [6, 6.07) is 1.17. The quantitative estimate of drug-likeness (QED) is 0.664. The van der Waals surface area contributed by atoms with E-state index in [4.69, 9.17) is 0 Å². The number of carbonyl (C=O) groups is 1. The Morgan fingerprint density at radius 2 is 2.21 bits per heavy atom. The van der Waals surface area contributed by atoms with Crippen LogP contribution in [0.15, 0.2) is 21.9 Å². The van der Waals surface area contributed by atoms with Crippen molar-refractivity contribution in [2.24, 2.45) is 0 Å². The summed E-state index contributed by atoms with van der Waals surface area (Å²) in [7, 11) is 1.18. The van der Waals surface area contributed by atoms with E-state index in [2.05, 4.69) is 20.9 Å². The van der Waals surface area contributed by atoms with Crippen molar-refractivity contribution in [3.63, 3.8) is 0 Å². The van der Waals surface area contributed by atoms with Gasteiger partial charge in [0.05, 0.1) is 23.3 Å². The molecule has 76 valence electrons. The van der Waals surface area contributed by atoms with E-state index in [1.807, 2.05) is 0 Å². The first kappa shape index (κ1) is 10.7. The average molecular weight is 263 g/mol. The van der Waals surface area contributed by atoms with Gasteiger partial charge in [-0.1, -0.05) is 0 Å². The fourth-order valence-corrected chi connectivity index (χ4v) is 1.14. The highest BCUT2D eigenvalue weighted by Crippen LogP contribution is 1.84. The van der Waals surface area contributed by atoms with E-state index < -0.39 is 17.2 Å². The Labute approximate surface area is 87.1 Å². The maximum Gasteiger partial charge on any atom is 0.341 e. The van der Waals surface area contributed by atoms with Crippen LogP contribution < -0.4 is 11.2 Å². The third-order valence-electron chi connectivity index (χ3n) is 1.54. The van der Waals surface area contributed by atoms with E-state index in [1.165, 1.54) is 19.4 Å². The molecule has 0 N–H and O–H groups in total. The second-order valence-electron chi connectivity index (χ2n) is 2.41. The molecule has 0 fully saturated rings. The fourth-order valence-electron chi connectivity index (χ4n) is 0.832. The lowest BCUT2D eigenvalue weighted by Crippen LogP contribution is -2.38. The minimum absolute atomic E-state index is 0.388. The summed E-state index contributed by atoms with van der Waals surface area (Å²) >= 11 is 2.88. The van der Waals surface area contributed by atoms with E-state index in [-0.39, 0.29) is 6.54 Å². The first-order chi connectivity index (χ1) is 6.56. The molecule has 1 heterocycles. The van der Waals surface area contributed by atoms with Gasteiger partial charge in [-0.2, -0.15) is 0 Å². The zero-order valence-electron chi connectivity index (χ0n) is 7.27.